The normalized spacial score (nSPS) is 11.4. The lowest BCUT2D eigenvalue weighted by atomic mass is 10.2. The van der Waals surface area contributed by atoms with Gasteiger partial charge in [-0.15, -0.1) is 0 Å². The standard InChI is InChI=1S/C13H17N3O2S/c1-19(17,18)12-6-4-11(5-7-12)14-8-2-3-13-15-9-10-16-13/h4-7,9-10,14H,2-3,8H2,1H3,(H,15,16). The van der Waals surface area contributed by atoms with E-state index in [0.29, 0.717) is 4.90 Å². The minimum absolute atomic E-state index is 0.341. The third-order valence-electron chi connectivity index (χ3n) is 2.76. The number of imidazole rings is 1. The minimum Gasteiger partial charge on any atom is -0.385 e. The molecule has 0 fully saturated rings. The lowest BCUT2D eigenvalue weighted by Crippen LogP contribution is -2.04. The zero-order valence-electron chi connectivity index (χ0n) is 10.8. The summed E-state index contributed by atoms with van der Waals surface area (Å²) in [5.74, 6) is 0.981. The van der Waals surface area contributed by atoms with Crippen LogP contribution in [-0.4, -0.2) is 31.2 Å². The summed E-state index contributed by atoms with van der Waals surface area (Å²) in [6.07, 6.45) is 6.61. The van der Waals surface area contributed by atoms with Crippen molar-refractivity contribution in [2.45, 2.75) is 17.7 Å². The van der Waals surface area contributed by atoms with Gasteiger partial charge in [0.15, 0.2) is 9.84 Å². The fourth-order valence-electron chi connectivity index (χ4n) is 1.74. The number of aromatic amines is 1. The molecule has 0 saturated carbocycles. The van der Waals surface area contributed by atoms with Gasteiger partial charge in [-0.05, 0) is 30.7 Å². The summed E-state index contributed by atoms with van der Waals surface area (Å²) < 4.78 is 22.6. The van der Waals surface area contributed by atoms with Crippen LogP contribution >= 0.6 is 0 Å². The van der Waals surface area contributed by atoms with E-state index < -0.39 is 9.84 Å². The van der Waals surface area contributed by atoms with Crippen molar-refractivity contribution in [1.82, 2.24) is 9.97 Å². The molecule has 1 aromatic heterocycles. The van der Waals surface area contributed by atoms with Gasteiger partial charge in [-0.25, -0.2) is 13.4 Å². The van der Waals surface area contributed by atoms with Crippen LogP contribution in [0.3, 0.4) is 0 Å². The Morgan fingerprint density at radius 3 is 2.58 bits per heavy atom. The fraction of sp³-hybridized carbons (Fsp3) is 0.308. The summed E-state index contributed by atoms with van der Waals surface area (Å²) in [6, 6.07) is 6.79. The molecule has 0 aliphatic heterocycles. The number of hydrogen-bond donors (Lipinski definition) is 2. The molecule has 2 aromatic rings. The fourth-order valence-corrected chi connectivity index (χ4v) is 2.37. The molecule has 6 heteroatoms. The molecule has 0 aliphatic rings. The van der Waals surface area contributed by atoms with Crippen molar-refractivity contribution in [1.29, 1.82) is 0 Å². The van der Waals surface area contributed by atoms with Crippen molar-refractivity contribution in [2.75, 3.05) is 18.1 Å². The Morgan fingerprint density at radius 2 is 2.00 bits per heavy atom. The topological polar surface area (TPSA) is 74.8 Å². The number of anilines is 1. The van der Waals surface area contributed by atoms with Gasteiger partial charge < -0.3 is 10.3 Å². The quantitative estimate of drug-likeness (QED) is 0.791. The Hall–Kier alpha value is -1.82. The second-order valence-corrected chi connectivity index (χ2v) is 6.38. The summed E-state index contributed by atoms with van der Waals surface area (Å²) in [7, 11) is -3.11. The van der Waals surface area contributed by atoms with Gasteiger partial charge in [0.2, 0.25) is 0 Å². The van der Waals surface area contributed by atoms with Gasteiger partial charge in [0.25, 0.3) is 0 Å². The minimum atomic E-state index is -3.11. The molecule has 0 aliphatic carbocycles. The number of nitrogens with one attached hydrogen (secondary N) is 2. The molecule has 0 unspecified atom stereocenters. The highest BCUT2D eigenvalue weighted by molar-refractivity contribution is 7.90. The lowest BCUT2D eigenvalue weighted by Gasteiger charge is -2.06. The van der Waals surface area contributed by atoms with Crippen LogP contribution < -0.4 is 5.32 Å². The number of rotatable bonds is 6. The number of H-pyrrole nitrogens is 1. The number of benzene rings is 1. The van der Waals surface area contributed by atoms with Crippen molar-refractivity contribution in [3.63, 3.8) is 0 Å². The monoisotopic (exact) mass is 279 g/mol. The molecule has 0 spiro atoms. The van der Waals surface area contributed by atoms with Crippen LogP contribution in [0.1, 0.15) is 12.2 Å². The number of sulfone groups is 1. The zero-order valence-corrected chi connectivity index (χ0v) is 11.6. The average molecular weight is 279 g/mol. The largest absolute Gasteiger partial charge is 0.385 e. The molecule has 0 amide bonds. The molecule has 0 saturated heterocycles. The van der Waals surface area contributed by atoms with Gasteiger partial charge in [-0.3, -0.25) is 0 Å². The first-order valence-corrected chi connectivity index (χ1v) is 7.97. The van der Waals surface area contributed by atoms with Crippen LogP contribution in [0.5, 0.6) is 0 Å². The number of aryl methyl sites for hydroxylation is 1. The van der Waals surface area contributed by atoms with Crippen molar-refractivity contribution < 1.29 is 8.42 Å². The maximum atomic E-state index is 11.3. The van der Waals surface area contributed by atoms with Gasteiger partial charge in [-0.1, -0.05) is 0 Å². The molecule has 0 bridgehead atoms. The molecule has 2 rings (SSSR count). The molecule has 1 aromatic carbocycles. The molecule has 0 radical (unpaired) electrons. The van der Waals surface area contributed by atoms with Crippen molar-refractivity contribution in [3.8, 4) is 0 Å². The highest BCUT2D eigenvalue weighted by Gasteiger charge is 2.05. The first-order valence-electron chi connectivity index (χ1n) is 6.08. The maximum absolute atomic E-state index is 11.3. The molecular weight excluding hydrogens is 262 g/mol. The first kappa shape index (κ1) is 13.6. The van der Waals surface area contributed by atoms with E-state index in [2.05, 4.69) is 15.3 Å². The van der Waals surface area contributed by atoms with Gasteiger partial charge in [-0.2, -0.15) is 0 Å². The van der Waals surface area contributed by atoms with Gasteiger partial charge in [0, 0.05) is 37.3 Å². The Labute approximate surface area is 113 Å². The van der Waals surface area contributed by atoms with Crippen LogP contribution in [0, 0.1) is 0 Å². The highest BCUT2D eigenvalue weighted by Crippen LogP contribution is 2.13. The van der Waals surface area contributed by atoms with Gasteiger partial charge in [0.05, 0.1) is 4.90 Å². The number of aromatic nitrogens is 2. The molecular formula is C13H17N3O2S. The predicted molar refractivity (Wildman–Crippen MR) is 75.0 cm³/mol. The second-order valence-electron chi connectivity index (χ2n) is 4.36. The van der Waals surface area contributed by atoms with Crippen LogP contribution in [0.4, 0.5) is 5.69 Å². The van der Waals surface area contributed by atoms with E-state index in [1.165, 1.54) is 6.26 Å². The van der Waals surface area contributed by atoms with Crippen LogP contribution in [-0.2, 0) is 16.3 Å². The summed E-state index contributed by atoms with van der Waals surface area (Å²) in [5, 5.41) is 3.25. The lowest BCUT2D eigenvalue weighted by molar-refractivity contribution is 0.602. The molecule has 0 atom stereocenters. The Morgan fingerprint density at radius 1 is 1.26 bits per heavy atom. The first-order chi connectivity index (χ1) is 9.05. The van der Waals surface area contributed by atoms with Gasteiger partial charge in [0.1, 0.15) is 5.82 Å². The van der Waals surface area contributed by atoms with Crippen LogP contribution in [0.15, 0.2) is 41.6 Å². The van der Waals surface area contributed by atoms with Crippen molar-refractivity contribution in [3.05, 3.63) is 42.5 Å². The molecule has 2 N–H and O–H groups in total. The Bertz CT molecular complexity index is 604. The molecule has 102 valence electrons. The summed E-state index contributed by atoms with van der Waals surface area (Å²) in [6.45, 7) is 0.818. The van der Waals surface area contributed by atoms with E-state index in [4.69, 9.17) is 0 Å². The summed E-state index contributed by atoms with van der Waals surface area (Å²) >= 11 is 0. The third kappa shape index (κ3) is 4.10. The third-order valence-corrected chi connectivity index (χ3v) is 3.89. The Balaban J connectivity index is 1.80. The SMILES string of the molecule is CS(=O)(=O)c1ccc(NCCCc2ncc[nH]2)cc1. The maximum Gasteiger partial charge on any atom is 0.175 e. The average Bonchev–Trinajstić information content (AvgIpc) is 2.87. The van der Waals surface area contributed by atoms with E-state index in [0.717, 1.165) is 30.9 Å². The van der Waals surface area contributed by atoms with Gasteiger partial charge >= 0.3 is 0 Å². The summed E-state index contributed by atoms with van der Waals surface area (Å²) in [4.78, 5) is 7.55. The predicted octanol–water partition coefficient (Wildman–Crippen LogP) is 1.86. The van der Waals surface area contributed by atoms with E-state index in [-0.39, 0.29) is 0 Å². The van der Waals surface area contributed by atoms with E-state index in [9.17, 15) is 8.42 Å². The Kier molecular flexibility index (Phi) is 4.21. The van der Waals surface area contributed by atoms with E-state index >= 15 is 0 Å². The smallest absolute Gasteiger partial charge is 0.175 e. The van der Waals surface area contributed by atoms with Crippen molar-refractivity contribution in [2.24, 2.45) is 0 Å². The molecule has 5 nitrogen and oxygen atoms in total. The van der Waals surface area contributed by atoms with E-state index in [1.807, 2.05) is 6.20 Å². The molecule has 1 heterocycles. The number of hydrogen-bond acceptors (Lipinski definition) is 4. The highest BCUT2D eigenvalue weighted by atomic mass is 32.2. The molecule has 19 heavy (non-hydrogen) atoms. The van der Waals surface area contributed by atoms with E-state index in [1.54, 1.807) is 30.5 Å². The summed E-state index contributed by atoms with van der Waals surface area (Å²) in [5.41, 5.74) is 0.923. The van der Waals surface area contributed by atoms with Crippen molar-refractivity contribution >= 4 is 15.5 Å². The second kappa shape index (κ2) is 5.88. The number of nitrogens with zero attached hydrogens (tertiary/aromatic N) is 1. The van der Waals surface area contributed by atoms with Crippen LogP contribution in [0.25, 0.3) is 0 Å². The van der Waals surface area contributed by atoms with Crippen LogP contribution in [0.2, 0.25) is 0 Å². The zero-order chi connectivity index (χ0) is 13.7.